The van der Waals surface area contributed by atoms with E-state index in [0.717, 1.165) is 30.1 Å². The van der Waals surface area contributed by atoms with Crippen LogP contribution in [0.1, 0.15) is 11.1 Å². The molecule has 1 aromatic heterocycles. The number of hydrogen-bond donors (Lipinski definition) is 2. The Bertz CT molecular complexity index is 596. The molecule has 0 bridgehead atoms. The van der Waals surface area contributed by atoms with Crippen molar-refractivity contribution in [1.29, 1.82) is 0 Å². The number of halogens is 2. The van der Waals surface area contributed by atoms with Crippen LogP contribution in [0.2, 0.25) is 0 Å². The summed E-state index contributed by atoms with van der Waals surface area (Å²) < 4.78 is 3.25. The van der Waals surface area contributed by atoms with Crippen LogP contribution in [0.15, 0.2) is 52.2 Å². The highest BCUT2D eigenvalue weighted by Crippen LogP contribution is 2.15. The summed E-state index contributed by atoms with van der Waals surface area (Å²) in [6, 6.07) is 10.4. The van der Waals surface area contributed by atoms with Crippen LogP contribution in [-0.4, -0.2) is 24.1 Å². The molecule has 0 atom stereocenters. The molecule has 6 heteroatoms. The number of guanidine groups is 1. The number of rotatable bonds is 5. The van der Waals surface area contributed by atoms with E-state index in [0.29, 0.717) is 0 Å². The first-order valence-corrected chi connectivity index (χ1v) is 7.78. The lowest BCUT2D eigenvalue weighted by Gasteiger charge is -2.13. The average Bonchev–Trinajstić information content (AvgIpc) is 2.97. The number of hydrogen-bond acceptors (Lipinski definition) is 1. The summed E-state index contributed by atoms with van der Waals surface area (Å²) in [6.07, 6.45) is 4.12. The first-order chi connectivity index (χ1) is 10.2. The smallest absolute Gasteiger partial charge is 0.191 e. The lowest BCUT2D eigenvalue weighted by atomic mass is 10.1. The fourth-order valence-corrected chi connectivity index (χ4v) is 2.56. The van der Waals surface area contributed by atoms with E-state index >= 15 is 0 Å². The van der Waals surface area contributed by atoms with Gasteiger partial charge in [0.15, 0.2) is 5.96 Å². The minimum Gasteiger partial charge on any atom is -0.355 e. The average molecular weight is 477 g/mol. The van der Waals surface area contributed by atoms with E-state index in [9.17, 15) is 0 Å². The molecule has 0 saturated heterocycles. The highest BCUT2D eigenvalue weighted by atomic mass is 127. The van der Waals surface area contributed by atoms with Crippen molar-refractivity contribution < 1.29 is 0 Å². The number of aliphatic imine (C=N–C) groups is 1. The van der Waals surface area contributed by atoms with Gasteiger partial charge >= 0.3 is 0 Å². The van der Waals surface area contributed by atoms with Gasteiger partial charge in [0.2, 0.25) is 0 Å². The summed E-state index contributed by atoms with van der Waals surface area (Å²) in [5, 5.41) is 6.66. The molecule has 0 amide bonds. The van der Waals surface area contributed by atoms with E-state index in [-0.39, 0.29) is 24.0 Å². The molecule has 1 aromatic carbocycles. The predicted molar refractivity (Wildman–Crippen MR) is 107 cm³/mol. The van der Waals surface area contributed by atoms with Gasteiger partial charge in [0.05, 0.1) is 0 Å². The van der Waals surface area contributed by atoms with Crippen LogP contribution >= 0.6 is 39.9 Å². The Morgan fingerprint density at radius 1 is 1.23 bits per heavy atom. The summed E-state index contributed by atoms with van der Waals surface area (Å²) in [4.78, 5) is 4.25. The van der Waals surface area contributed by atoms with Crippen LogP contribution in [0.3, 0.4) is 0 Å². The molecule has 0 fully saturated rings. The number of nitrogens with zero attached hydrogens (tertiary/aromatic N) is 2. The Morgan fingerprint density at radius 3 is 2.59 bits per heavy atom. The number of aryl methyl sites for hydroxylation is 1. The van der Waals surface area contributed by atoms with E-state index in [2.05, 4.69) is 73.6 Å². The summed E-state index contributed by atoms with van der Waals surface area (Å²) in [5.41, 5.74) is 2.53. The Kier molecular flexibility index (Phi) is 8.55. The highest BCUT2D eigenvalue weighted by molar-refractivity contribution is 14.0. The molecule has 0 saturated carbocycles. The molecule has 0 radical (unpaired) electrons. The molecule has 22 heavy (non-hydrogen) atoms. The van der Waals surface area contributed by atoms with E-state index in [4.69, 9.17) is 0 Å². The molecule has 0 aliphatic heterocycles. The predicted octanol–water partition coefficient (Wildman–Crippen LogP) is 3.54. The summed E-state index contributed by atoms with van der Waals surface area (Å²) >= 11 is 3.48. The van der Waals surface area contributed by atoms with Gasteiger partial charge in [-0.15, -0.1) is 24.0 Å². The third-order valence-electron chi connectivity index (χ3n) is 3.30. The van der Waals surface area contributed by atoms with Crippen LogP contribution in [0.4, 0.5) is 0 Å². The topological polar surface area (TPSA) is 41.4 Å². The molecular formula is C16H22BrIN4. The van der Waals surface area contributed by atoms with E-state index < -0.39 is 0 Å². The maximum Gasteiger partial charge on any atom is 0.191 e. The zero-order valence-corrected chi connectivity index (χ0v) is 16.8. The molecule has 0 spiro atoms. The molecule has 1 heterocycles. The summed E-state index contributed by atoms with van der Waals surface area (Å²) in [6.45, 7) is 4.64. The van der Waals surface area contributed by atoms with E-state index in [1.807, 2.05) is 12.1 Å². The zero-order valence-electron chi connectivity index (χ0n) is 12.8. The van der Waals surface area contributed by atoms with Gasteiger partial charge < -0.3 is 15.2 Å². The van der Waals surface area contributed by atoms with Gasteiger partial charge in [0.25, 0.3) is 0 Å². The third-order valence-corrected chi connectivity index (χ3v) is 3.80. The molecule has 2 N–H and O–H groups in total. The SMILES string of the molecule is CN=C(NCCn1cccc1)NCc1ccc(Br)cc1C.I. The highest BCUT2D eigenvalue weighted by Gasteiger charge is 2.01. The molecule has 0 unspecified atom stereocenters. The van der Waals surface area contributed by atoms with Crippen molar-refractivity contribution >= 4 is 45.9 Å². The largest absolute Gasteiger partial charge is 0.355 e. The fraction of sp³-hybridized carbons (Fsp3) is 0.312. The second-order valence-electron chi connectivity index (χ2n) is 4.84. The zero-order chi connectivity index (χ0) is 15.1. The van der Waals surface area contributed by atoms with Crippen molar-refractivity contribution in [1.82, 2.24) is 15.2 Å². The van der Waals surface area contributed by atoms with Crippen molar-refractivity contribution in [2.45, 2.75) is 20.0 Å². The molecule has 120 valence electrons. The minimum atomic E-state index is 0. The first kappa shape index (κ1) is 19.0. The molecular weight excluding hydrogens is 455 g/mol. The van der Waals surface area contributed by atoms with Gasteiger partial charge in [0, 0.05) is 43.5 Å². The molecule has 0 aliphatic rings. The molecule has 2 aromatic rings. The quantitative estimate of drug-likeness (QED) is 0.393. The molecule has 4 nitrogen and oxygen atoms in total. The lowest BCUT2D eigenvalue weighted by Crippen LogP contribution is -2.38. The second kappa shape index (κ2) is 9.89. The Morgan fingerprint density at radius 2 is 1.95 bits per heavy atom. The van der Waals surface area contributed by atoms with Gasteiger partial charge in [-0.3, -0.25) is 4.99 Å². The lowest BCUT2D eigenvalue weighted by molar-refractivity contribution is 0.665. The van der Waals surface area contributed by atoms with Crippen molar-refractivity contribution in [3.05, 3.63) is 58.3 Å². The Balaban J connectivity index is 0.00000242. The normalized spacial score (nSPS) is 11.0. The van der Waals surface area contributed by atoms with Crippen molar-refractivity contribution in [2.24, 2.45) is 4.99 Å². The fourth-order valence-electron chi connectivity index (χ4n) is 2.08. The van der Waals surface area contributed by atoms with Gasteiger partial charge in [0.1, 0.15) is 0 Å². The molecule has 0 aliphatic carbocycles. The van der Waals surface area contributed by atoms with Gasteiger partial charge in [-0.05, 0) is 42.3 Å². The van der Waals surface area contributed by atoms with Crippen LogP contribution in [0, 0.1) is 6.92 Å². The first-order valence-electron chi connectivity index (χ1n) is 6.99. The maximum atomic E-state index is 4.25. The Labute approximate surface area is 157 Å². The third kappa shape index (κ3) is 6.00. The van der Waals surface area contributed by atoms with Crippen LogP contribution < -0.4 is 10.6 Å². The number of nitrogens with one attached hydrogen (secondary N) is 2. The van der Waals surface area contributed by atoms with Crippen molar-refractivity contribution in [2.75, 3.05) is 13.6 Å². The van der Waals surface area contributed by atoms with Gasteiger partial charge in [-0.1, -0.05) is 22.0 Å². The van der Waals surface area contributed by atoms with Crippen LogP contribution in [0.25, 0.3) is 0 Å². The van der Waals surface area contributed by atoms with Gasteiger partial charge in [-0.25, -0.2) is 0 Å². The van der Waals surface area contributed by atoms with E-state index in [1.54, 1.807) is 7.05 Å². The Hall–Kier alpha value is -1.02. The maximum absolute atomic E-state index is 4.25. The standard InChI is InChI=1S/C16H21BrN4.HI/c1-13-11-15(17)6-5-14(13)12-20-16(18-2)19-7-10-21-8-3-4-9-21;/h3-6,8-9,11H,7,10,12H2,1-2H3,(H2,18,19,20);1H. The van der Waals surface area contributed by atoms with Gasteiger partial charge in [-0.2, -0.15) is 0 Å². The van der Waals surface area contributed by atoms with Crippen LogP contribution in [-0.2, 0) is 13.1 Å². The number of benzene rings is 1. The number of aromatic nitrogens is 1. The van der Waals surface area contributed by atoms with Crippen molar-refractivity contribution in [3.63, 3.8) is 0 Å². The van der Waals surface area contributed by atoms with Crippen LogP contribution in [0.5, 0.6) is 0 Å². The van der Waals surface area contributed by atoms with Crippen molar-refractivity contribution in [3.8, 4) is 0 Å². The second-order valence-corrected chi connectivity index (χ2v) is 5.76. The summed E-state index contributed by atoms with van der Waals surface area (Å²) in [7, 11) is 1.79. The van der Waals surface area contributed by atoms with E-state index in [1.165, 1.54) is 11.1 Å². The minimum absolute atomic E-state index is 0. The summed E-state index contributed by atoms with van der Waals surface area (Å²) in [5.74, 6) is 0.824. The molecule has 2 rings (SSSR count). The monoisotopic (exact) mass is 476 g/mol.